The number of rotatable bonds is 8. The molecule has 0 fully saturated rings. The minimum Gasteiger partial charge on any atom is -0.494 e. The van der Waals surface area contributed by atoms with Crippen molar-refractivity contribution in [3.8, 4) is 5.75 Å². The second-order valence-electron chi connectivity index (χ2n) is 6.21. The topological polar surface area (TPSA) is 106 Å². The van der Waals surface area contributed by atoms with E-state index >= 15 is 0 Å². The van der Waals surface area contributed by atoms with Crippen molar-refractivity contribution >= 4 is 55.0 Å². The summed E-state index contributed by atoms with van der Waals surface area (Å²) >= 11 is 2.70. The van der Waals surface area contributed by atoms with Crippen molar-refractivity contribution in [2.45, 2.75) is 19.8 Å². The van der Waals surface area contributed by atoms with Crippen molar-refractivity contribution in [3.05, 3.63) is 53.4 Å². The van der Waals surface area contributed by atoms with Crippen LogP contribution in [0.4, 0.5) is 10.3 Å². The Labute approximate surface area is 179 Å². The molecule has 0 unspecified atom stereocenters. The number of furan rings is 1. The SMILES string of the molecule is CCOc1ccc2nc(NC(=O)CCc3csc(NC(=O)c4ccco4)n3)sc2c1. The monoisotopic (exact) mass is 442 g/mol. The Bertz CT molecular complexity index is 1170. The second kappa shape index (κ2) is 9.06. The Kier molecular flexibility index (Phi) is 6.05. The molecule has 10 heteroatoms. The van der Waals surface area contributed by atoms with E-state index in [-0.39, 0.29) is 24.0 Å². The number of hydrogen-bond acceptors (Lipinski definition) is 8. The highest BCUT2D eigenvalue weighted by Crippen LogP contribution is 2.29. The Morgan fingerprint density at radius 1 is 1.17 bits per heavy atom. The summed E-state index contributed by atoms with van der Waals surface area (Å²) in [7, 11) is 0. The quantitative estimate of drug-likeness (QED) is 0.414. The van der Waals surface area contributed by atoms with Gasteiger partial charge in [0.05, 0.1) is 28.8 Å². The molecule has 154 valence electrons. The number of nitrogens with zero attached hydrogens (tertiary/aromatic N) is 2. The summed E-state index contributed by atoms with van der Waals surface area (Å²) in [5, 5.41) is 8.34. The molecule has 2 amide bonds. The average molecular weight is 443 g/mol. The van der Waals surface area contributed by atoms with Gasteiger partial charge in [0, 0.05) is 11.8 Å². The predicted octanol–water partition coefficient (Wildman–Crippen LogP) is 4.57. The van der Waals surface area contributed by atoms with Crippen LogP contribution in [0.3, 0.4) is 0 Å². The number of amides is 2. The van der Waals surface area contributed by atoms with E-state index in [2.05, 4.69) is 20.6 Å². The van der Waals surface area contributed by atoms with Crippen LogP contribution in [0.1, 0.15) is 29.6 Å². The zero-order valence-electron chi connectivity index (χ0n) is 16.0. The van der Waals surface area contributed by atoms with Gasteiger partial charge in [0.1, 0.15) is 5.75 Å². The molecule has 1 aromatic carbocycles. The van der Waals surface area contributed by atoms with E-state index < -0.39 is 0 Å². The highest BCUT2D eigenvalue weighted by molar-refractivity contribution is 7.22. The molecule has 2 N–H and O–H groups in total. The maximum atomic E-state index is 12.3. The normalized spacial score (nSPS) is 10.8. The summed E-state index contributed by atoms with van der Waals surface area (Å²) in [6, 6.07) is 8.87. The van der Waals surface area contributed by atoms with Gasteiger partial charge in [-0.15, -0.1) is 11.3 Å². The standard InChI is InChI=1S/C20H18N4O4S2/c1-2-27-13-6-7-14-16(10-13)30-20(22-14)23-17(25)8-5-12-11-29-19(21-12)24-18(26)15-4-3-9-28-15/h3-4,6-7,9-11H,2,5,8H2,1H3,(H,21,24,26)(H,22,23,25). The van der Waals surface area contributed by atoms with Crippen LogP contribution >= 0.6 is 22.7 Å². The molecule has 0 aliphatic carbocycles. The third-order valence-electron chi connectivity index (χ3n) is 4.04. The summed E-state index contributed by atoms with van der Waals surface area (Å²) in [5.74, 6) is 0.496. The molecule has 0 atom stereocenters. The molecular formula is C20H18N4O4S2. The van der Waals surface area contributed by atoms with Gasteiger partial charge in [-0.25, -0.2) is 9.97 Å². The molecule has 0 saturated carbocycles. The Hall–Kier alpha value is -3.24. The van der Waals surface area contributed by atoms with E-state index in [1.807, 2.05) is 30.5 Å². The molecule has 3 heterocycles. The minimum atomic E-state index is -0.359. The fourth-order valence-corrected chi connectivity index (χ4v) is 4.33. The van der Waals surface area contributed by atoms with Gasteiger partial charge < -0.3 is 14.5 Å². The number of anilines is 2. The van der Waals surface area contributed by atoms with E-state index in [0.29, 0.717) is 23.3 Å². The van der Waals surface area contributed by atoms with Crippen LogP contribution in [0.25, 0.3) is 10.2 Å². The molecule has 4 aromatic rings. The average Bonchev–Trinajstić information content (AvgIpc) is 3.47. The highest BCUT2D eigenvalue weighted by atomic mass is 32.1. The van der Waals surface area contributed by atoms with Crippen molar-refractivity contribution in [2.24, 2.45) is 0 Å². The van der Waals surface area contributed by atoms with Crippen LogP contribution in [0.15, 0.2) is 46.4 Å². The summed E-state index contributed by atoms with van der Waals surface area (Å²) in [6.07, 6.45) is 2.15. The second-order valence-corrected chi connectivity index (χ2v) is 8.09. The number of benzene rings is 1. The van der Waals surface area contributed by atoms with Crippen molar-refractivity contribution in [2.75, 3.05) is 17.2 Å². The van der Waals surface area contributed by atoms with E-state index in [9.17, 15) is 9.59 Å². The first-order valence-corrected chi connectivity index (χ1v) is 10.9. The van der Waals surface area contributed by atoms with Gasteiger partial charge in [-0.05, 0) is 43.7 Å². The van der Waals surface area contributed by atoms with Crippen LogP contribution in [-0.2, 0) is 11.2 Å². The Balaban J connectivity index is 1.30. The highest BCUT2D eigenvalue weighted by Gasteiger charge is 2.13. The number of thiazole rings is 2. The number of hydrogen-bond donors (Lipinski definition) is 2. The Morgan fingerprint density at radius 2 is 2.07 bits per heavy atom. The van der Waals surface area contributed by atoms with Crippen molar-refractivity contribution in [3.63, 3.8) is 0 Å². The Morgan fingerprint density at radius 3 is 2.87 bits per heavy atom. The third kappa shape index (κ3) is 4.84. The van der Waals surface area contributed by atoms with Gasteiger partial charge in [-0.2, -0.15) is 0 Å². The maximum Gasteiger partial charge on any atom is 0.293 e. The van der Waals surface area contributed by atoms with Crippen molar-refractivity contribution < 1.29 is 18.7 Å². The van der Waals surface area contributed by atoms with Gasteiger partial charge in [-0.1, -0.05) is 11.3 Å². The van der Waals surface area contributed by atoms with Crippen LogP contribution in [0, 0.1) is 0 Å². The number of aryl methyl sites for hydroxylation is 1. The van der Waals surface area contributed by atoms with Gasteiger partial charge in [-0.3, -0.25) is 14.9 Å². The smallest absolute Gasteiger partial charge is 0.293 e. The molecule has 8 nitrogen and oxygen atoms in total. The van der Waals surface area contributed by atoms with E-state index in [0.717, 1.165) is 21.7 Å². The lowest BCUT2D eigenvalue weighted by atomic mass is 10.2. The molecule has 30 heavy (non-hydrogen) atoms. The lowest BCUT2D eigenvalue weighted by Crippen LogP contribution is -2.12. The number of carbonyl (C=O) groups excluding carboxylic acids is 2. The van der Waals surface area contributed by atoms with E-state index in [1.54, 1.807) is 12.1 Å². The first-order valence-electron chi connectivity index (χ1n) is 9.23. The van der Waals surface area contributed by atoms with Gasteiger partial charge in [0.2, 0.25) is 5.91 Å². The first kappa shape index (κ1) is 20.0. The zero-order chi connectivity index (χ0) is 20.9. The van der Waals surface area contributed by atoms with Crippen LogP contribution < -0.4 is 15.4 Å². The third-order valence-corrected chi connectivity index (χ3v) is 5.78. The lowest BCUT2D eigenvalue weighted by Gasteiger charge is -2.00. The van der Waals surface area contributed by atoms with Crippen LogP contribution in [0.2, 0.25) is 0 Å². The summed E-state index contributed by atoms with van der Waals surface area (Å²) in [5.41, 5.74) is 1.55. The molecule has 0 aliphatic rings. The molecule has 0 saturated heterocycles. The number of aromatic nitrogens is 2. The summed E-state index contributed by atoms with van der Waals surface area (Å²) < 4.78 is 11.5. The minimum absolute atomic E-state index is 0.145. The number of fused-ring (bicyclic) bond motifs is 1. The van der Waals surface area contributed by atoms with Crippen LogP contribution in [-0.4, -0.2) is 28.4 Å². The van der Waals surface area contributed by atoms with Gasteiger partial charge in [0.25, 0.3) is 5.91 Å². The zero-order valence-corrected chi connectivity index (χ0v) is 17.6. The molecule has 0 radical (unpaired) electrons. The fraction of sp³-hybridized carbons (Fsp3) is 0.200. The maximum absolute atomic E-state index is 12.3. The van der Waals surface area contributed by atoms with Crippen molar-refractivity contribution in [1.82, 2.24) is 9.97 Å². The number of ether oxygens (including phenoxy) is 1. The molecule has 0 aliphatic heterocycles. The lowest BCUT2D eigenvalue weighted by molar-refractivity contribution is -0.116. The summed E-state index contributed by atoms with van der Waals surface area (Å²) in [4.78, 5) is 33.0. The number of carbonyl (C=O) groups is 2. The van der Waals surface area contributed by atoms with Gasteiger partial charge >= 0.3 is 0 Å². The fourth-order valence-electron chi connectivity index (χ4n) is 2.68. The largest absolute Gasteiger partial charge is 0.494 e. The first-order chi connectivity index (χ1) is 14.6. The van der Waals surface area contributed by atoms with Crippen LogP contribution in [0.5, 0.6) is 5.75 Å². The predicted molar refractivity (Wildman–Crippen MR) is 117 cm³/mol. The van der Waals surface area contributed by atoms with Crippen molar-refractivity contribution in [1.29, 1.82) is 0 Å². The van der Waals surface area contributed by atoms with E-state index in [1.165, 1.54) is 28.9 Å². The molecule has 4 rings (SSSR count). The molecule has 0 bridgehead atoms. The van der Waals surface area contributed by atoms with Gasteiger partial charge in [0.15, 0.2) is 16.0 Å². The number of nitrogens with one attached hydrogen (secondary N) is 2. The molecule has 3 aromatic heterocycles. The molecular weight excluding hydrogens is 424 g/mol. The molecule has 0 spiro atoms. The summed E-state index contributed by atoms with van der Waals surface area (Å²) in [6.45, 7) is 2.53. The van der Waals surface area contributed by atoms with E-state index in [4.69, 9.17) is 9.15 Å².